The molecule has 0 aromatic rings. The molecule has 6 amide bonds. The van der Waals surface area contributed by atoms with Crippen molar-refractivity contribution in [3.63, 3.8) is 0 Å². The highest BCUT2D eigenvalue weighted by atomic mass is 32.2. The van der Waals surface area contributed by atoms with Crippen LogP contribution in [0.25, 0.3) is 0 Å². The Morgan fingerprint density at radius 1 is 0.636 bits per heavy atom. The van der Waals surface area contributed by atoms with Crippen LogP contribution in [0.4, 0.5) is 0 Å². The number of unbranched alkanes of at least 4 members (excludes halogenated alkanes) is 14. The van der Waals surface area contributed by atoms with Gasteiger partial charge in [-0.2, -0.15) is 11.8 Å². The van der Waals surface area contributed by atoms with E-state index in [0.29, 0.717) is 32.4 Å². The maximum Gasteiger partial charge on any atom is 0.253 e. The molecule has 2 aliphatic rings. The summed E-state index contributed by atoms with van der Waals surface area (Å²) in [4.78, 5) is 71.1. The zero-order valence-electron chi connectivity index (χ0n) is 27.3. The lowest BCUT2D eigenvalue weighted by Gasteiger charge is -2.14. The molecule has 250 valence electrons. The van der Waals surface area contributed by atoms with Gasteiger partial charge in [0.2, 0.25) is 23.6 Å². The van der Waals surface area contributed by atoms with Gasteiger partial charge >= 0.3 is 0 Å². The number of hydrogen-bond donors (Lipinski definition) is 2. The zero-order chi connectivity index (χ0) is 32.6. The van der Waals surface area contributed by atoms with E-state index in [2.05, 4.69) is 10.6 Å². The molecule has 0 aromatic carbocycles. The number of carbonyl (C=O) groups is 6. The molecule has 0 saturated carbocycles. The zero-order valence-corrected chi connectivity index (χ0v) is 28.1. The Hall–Kier alpha value is -2.69. The minimum atomic E-state index is -0.184. The van der Waals surface area contributed by atoms with E-state index in [-0.39, 0.29) is 40.7 Å². The number of carbonyl (C=O) groups excluding carboxylic acids is 6. The van der Waals surface area contributed by atoms with Gasteiger partial charge in [0.15, 0.2) is 0 Å². The van der Waals surface area contributed by atoms with Crippen molar-refractivity contribution in [3.8, 4) is 0 Å². The van der Waals surface area contributed by atoms with Gasteiger partial charge in [-0.1, -0.05) is 77.0 Å². The van der Waals surface area contributed by atoms with E-state index in [1.165, 1.54) is 72.2 Å². The fourth-order valence-corrected chi connectivity index (χ4v) is 5.84. The molecule has 2 heterocycles. The molecule has 0 aliphatic carbocycles. The maximum atomic E-state index is 11.9. The first kappa shape index (κ1) is 39.3. The predicted molar refractivity (Wildman–Crippen MR) is 176 cm³/mol. The second-order valence-corrected chi connectivity index (χ2v) is 12.5. The lowest BCUT2D eigenvalue weighted by Crippen LogP contribution is -2.32. The van der Waals surface area contributed by atoms with Crippen LogP contribution in [-0.2, 0) is 28.8 Å². The highest BCUT2D eigenvalue weighted by Crippen LogP contribution is 2.23. The van der Waals surface area contributed by atoms with E-state index in [4.69, 9.17) is 0 Å². The standard InChI is InChI=1S/C17H30N2O3S.C16H26N2O3/c1-18-15(20)11-9-7-5-3-4-6-8-10-12-19-16(21)13-14(23-2)17(19)22;1-17-14(19)10-8-6-4-2-3-5-7-9-13-18-15(20)11-12-16(18)21/h14H,3-13H2,1-2H3,(H,18,20);11-12H,2-10,13H2,1H3,(H,17,19). The second kappa shape index (κ2) is 24.6. The summed E-state index contributed by atoms with van der Waals surface area (Å²) in [5.41, 5.74) is 0. The first-order valence-corrected chi connectivity index (χ1v) is 17.9. The minimum absolute atomic E-state index is 0.00128. The molecule has 11 heteroatoms. The van der Waals surface area contributed by atoms with Crippen LogP contribution in [0.1, 0.15) is 122 Å². The van der Waals surface area contributed by atoms with Gasteiger partial charge in [0, 0.05) is 58.6 Å². The monoisotopic (exact) mass is 636 g/mol. The fourth-order valence-electron chi connectivity index (χ4n) is 5.21. The summed E-state index contributed by atoms with van der Waals surface area (Å²) in [5, 5.41) is 5.10. The Kier molecular flexibility index (Phi) is 22.0. The molecule has 0 aromatic heterocycles. The van der Waals surface area contributed by atoms with Crippen molar-refractivity contribution in [2.75, 3.05) is 33.4 Å². The number of imide groups is 2. The lowest BCUT2D eigenvalue weighted by atomic mass is 10.1. The Labute approximate surface area is 268 Å². The van der Waals surface area contributed by atoms with Crippen molar-refractivity contribution in [2.24, 2.45) is 0 Å². The van der Waals surface area contributed by atoms with Gasteiger partial charge in [-0.15, -0.1) is 0 Å². The third-order valence-corrected chi connectivity index (χ3v) is 8.95. The number of likely N-dealkylation sites (tertiary alicyclic amines) is 1. The van der Waals surface area contributed by atoms with E-state index in [0.717, 1.165) is 64.2 Å². The number of thioether (sulfide) groups is 1. The van der Waals surface area contributed by atoms with Gasteiger partial charge in [-0.3, -0.25) is 38.6 Å². The molecular formula is C33H56N4O6S. The SMILES string of the molecule is CNC(=O)CCCCCCCCCCN1C(=O)C=CC1=O.CNC(=O)CCCCCCCCCCN1C(=O)CC(SC)C1=O. The van der Waals surface area contributed by atoms with E-state index in [1.54, 1.807) is 14.1 Å². The second-order valence-electron chi connectivity index (χ2n) is 11.5. The third kappa shape index (κ3) is 17.0. The molecule has 2 N–H and O–H groups in total. The van der Waals surface area contributed by atoms with Crippen LogP contribution in [0.3, 0.4) is 0 Å². The summed E-state index contributed by atoms with van der Waals surface area (Å²) in [7, 11) is 3.34. The molecule has 1 atom stereocenters. The summed E-state index contributed by atoms with van der Waals surface area (Å²) in [5.74, 6) is -0.133. The summed E-state index contributed by atoms with van der Waals surface area (Å²) in [6.07, 6.45) is 23.6. The van der Waals surface area contributed by atoms with E-state index in [9.17, 15) is 28.8 Å². The normalized spacial score (nSPS) is 16.0. The summed E-state index contributed by atoms with van der Waals surface area (Å²) >= 11 is 1.47. The topological polar surface area (TPSA) is 133 Å². The van der Waals surface area contributed by atoms with Crippen molar-refractivity contribution in [1.82, 2.24) is 20.4 Å². The molecule has 2 aliphatic heterocycles. The third-order valence-electron chi connectivity index (χ3n) is 8.02. The van der Waals surface area contributed by atoms with Gasteiger partial charge in [0.1, 0.15) is 0 Å². The van der Waals surface area contributed by atoms with Crippen LogP contribution >= 0.6 is 11.8 Å². The molecule has 2 rings (SSSR count). The summed E-state index contributed by atoms with van der Waals surface area (Å²) < 4.78 is 0. The van der Waals surface area contributed by atoms with Crippen molar-refractivity contribution in [2.45, 2.75) is 127 Å². The van der Waals surface area contributed by atoms with Crippen LogP contribution < -0.4 is 10.6 Å². The molecule has 0 radical (unpaired) electrons. The van der Waals surface area contributed by atoms with Crippen molar-refractivity contribution >= 4 is 47.2 Å². The van der Waals surface area contributed by atoms with Crippen LogP contribution in [0.15, 0.2) is 12.2 Å². The van der Waals surface area contributed by atoms with Gasteiger partial charge in [0.05, 0.1) is 5.25 Å². The Bertz CT molecular complexity index is 923. The van der Waals surface area contributed by atoms with Crippen molar-refractivity contribution in [1.29, 1.82) is 0 Å². The molecule has 1 fully saturated rings. The first-order chi connectivity index (χ1) is 21.2. The number of hydrogen-bond acceptors (Lipinski definition) is 7. The van der Waals surface area contributed by atoms with E-state index < -0.39 is 0 Å². The summed E-state index contributed by atoms with van der Waals surface area (Å²) in [6.45, 7) is 1.12. The van der Waals surface area contributed by atoms with Crippen LogP contribution in [0, 0.1) is 0 Å². The highest BCUT2D eigenvalue weighted by Gasteiger charge is 2.37. The average Bonchev–Trinajstić information content (AvgIpc) is 3.49. The largest absolute Gasteiger partial charge is 0.359 e. The number of nitrogens with one attached hydrogen (secondary N) is 2. The van der Waals surface area contributed by atoms with Gasteiger partial charge in [-0.25, -0.2) is 0 Å². The Balaban J connectivity index is 0.000000442. The number of amides is 6. The summed E-state index contributed by atoms with van der Waals surface area (Å²) in [6, 6.07) is 0. The maximum absolute atomic E-state index is 11.9. The van der Waals surface area contributed by atoms with Gasteiger partial charge in [0.25, 0.3) is 11.8 Å². The number of rotatable bonds is 23. The molecule has 0 bridgehead atoms. The minimum Gasteiger partial charge on any atom is -0.359 e. The molecular weight excluding hydrogens is 580 g/mol. The molecule has 1 saturated heterocycles. The molecule has 44 heavy (non-hydrogen) atoms. The Morgan fingerprint density at radius 2 is 1.00 bits per heavy atom. The van der Waals surface area contributed by atoms with Crippen LogP contribution in [0.2, 0.25) is 0 Å². The highest BCUT2D eigenvalue weighted by molar-refractivity contribution is 8.00. The van der Waals surface area contributed by atoms with Crippen molar-refractivity contribution < 1.29 is 28.8 Å². The van der Waals surface area contributed by atoms with Crippen LogP contribution in [-0.4, -0.2) is 83.9 Å². The van der Waals surface area contributed by atoms with E-state index in [1.807, 2.05) is 6.26 Å². The quantitative estimate of drug-likeness (QED) is 0.120. The smallest absolute Gasteiger partial charge is 0.253 e. The predicted octanol–water partition coefficient (Wildman–Crippen LogP) is 4.90. The fraction of sp³-hybridized carbons (Fsp3) is 0.758. The van der Waals surface area contributed by atoms with Crippen molar-refractivity contribution in [3.05, 3.63) is 12.2 Å². The van der Waals surface area contributed by atoms with Gasteiger partial charge < -0.3 is 10.6 Å². The molecule has 1 unspecified atom stereocenters. The average molecular weight is 637 g/mol. The number of nitrogens with zero attached hydrogens (tertiary/aromatic N) is 2. The Morgan fingerprint density at radius 3 is 1.36 bits per heavy atom. The first-order valence-electron chi connectivity index (χ1n) is 16.6. The van der Waals surface area contributed by atoms with Gasteiger partial charge in [-0.05, 0) is 31.9 Å². The van der Waals surface area contributed by atoms with Crippen LogP contribution in [0.5, 0.6) is 0 Å². The molecule has 10 nitrogen and oxygen atoms in total. The van der Waals surface area contributed by atoms with E-state index >= 15 is 0 Å². The lowest BCUT2D eigenvalue weighted by molar-refractivity contribution is -0.139. The molecule has 0 spiro atoms.